The first kappa shape index (κ1) is 15.4. The molecule has 106 valence electrons. The fourth-order valence-corrected chi connectivity index (χ4v) is 1.87. The van der Waals surface area contributed by atoms with Gasteiger partial charge in [-0.05, 0) is 52.3 Å². The largest absolute Gasteiger partial charge is 0.409 e. The van der Waals surface area contributed by atoms with Crippen molar-refractivity contribution in [2.75, 3.05) is 34.2 Å². The van der Waals surface area contributed by atoms with Crippen LogP contribution >= 0.6 is 0 Å². The number of nitrogens with two attached hydrogens (primary N) is 1. The van der Waals surface area contributed by atoms with E-state index in [1.165, 1.54) is 0 Å². The minimum atomic E-state index is 0.0530. The molecule has 1 aromatic heterocycles. The molecular weight excluding hydrogens is 242 g/mol. The summed E-state index contributed by atoms with van der Waals surface area (Å²) in [7, 11) is 6.19. The average molecular weight is 265 g/mol. The summed E-state index contributed by atoms with van der Waals surface area (Å²) in [6, 6.07) is 3.81. The van der Waals surface area contributed by atoms with Crippen LogP contribution in [-0.4, -0.2) is 60.1 Å². The van der Waals surface area contributed by atoms with Crippen molar-refractivity contribution < 1.29 is 5.21 Å². The van der Waals surface area contributed by atoms with Gasteiger partial charge in [-0.2, -0.15) is 0 Å². The SMILES string of the molecule is CN(C)CCCN(C)Cc1cccnc1C(N)=NO. The molecule has 6 heteroatoms. The first-order valence-electron chi connectivity index (χ1n) is 6.29. The van der Waals surface area contributed by atoms with E-state index in [9.17, 15) is 0 Å². The van der Waals surface area contributed by atoms with Crippen LogP contribution in [0.4, 0.5) is 0 Å². The molecule has 0 fully saturated rings. The topological polar surface area (TPSA) is 78.0 Å². The van der Waals surface area contributed by atoms with Crippen LogP contribution in [0.5, 0.6) is 0 Å². The Kier molecular flexibility index (Phi) is 6.24. The van der Waals surface area contributed by atoms with E-state index in [2.05, 4.69) is 41.1 Å². The summed E-state index contributed by atoms with van der Waals surface area (Å²) in [5, 5.41) is 11.8. The van der Waals surface area contributed by atoms with Crippen molar-refractivity contribution in [1.29, 1.82) is 0 Å². The van der Waals surface area contributed by atoms with Gasteiger partial charge in [-0.15, -0.1) is 0 Å². The number of aromatic nitrogens is 1. The predicted octanol–water partition coefficient (Wildman–Crippen LogP) is 0.560. The van der Waals surface area contributed by atoms with Gasteiger partial charge >= 0.3 is 0 Å². The number of nitrogens with zero attached hydrogens (tertiary/aromatic N) is 4. The maximum Gasteiger partial charge on any atom is 0.189 e. The molecule has 0 aliphatic heterocycles. The molecule has 0 bridgehead atoms. The summed E-state index contributed by atoms with van der Waals surface area (Å²) in [5.74, 6) is 0.0530. The maximum absolute atomic E-state index is 8.75. The highest BCUT2D eigenvalue weighted by molar-refractivity contribution is 5.96. The zero-order chi connectivity index (χ0) is 14.3. The van der Waals surface area contributed by atoms with Crippen molar-refractivity contribution in [3.05, 3.63) is 29.6 Å². The van der Waals surface area contributed by atoms with Gasteiger partial charge in [0.1, 0.15) is 5.69 Å². The molecule has 1 aromatic rings. The van der Waals surface area contributed by atoms with Gasteiger partial charge in [0.2, 0.25) is 0 Å². The number of pyridine rings is 1. The predicted molar refractivity (Wildman–Crippen MR) is 76.3 cm³/mol. The molecule has 0 radical (unpaired) electrons. The molecule has 1 rings (SSSR count). The fraction of sp³-hybridized carbons (Fsp3) is 0.538. The Labute approximate surface area is 114 Å². The van der Waals surface area contributed by atoms with Crippen LogP contribution in [-0.2, 0) is 6.54 Å². The van der Waals surface area contributed by atoms with E-state index in [0.717, 1.165) is 31.6 Å². The van der Waals surface area contributed by atoms with E-state index in [0.29, 0.717) is 5.69 Å². The molecule has 0 aliphatic rings. The lowest BCUT2D eigenvalue weighted by Crippen LogP contribution is -2.25. The van der Waals surface area contributed by atoms with Crippen molar-refractivity contribution in [3.63, 3.8) is 0 Å². The summed E-state index contributed by atoms with van der Waals surface area (Å²) in [6.45, 7) is 2.78. The third-order valence-electron chi connectivity index (χ3n) is 2.83. The normalized spacial score (nSPS) is 12.4. The molecule has 0 unspecified atom stereocenters. The third-order valence-corrected chi connectivity index (χ3v) is 2.83. The van der Waals surface area contributed by atoms with Crippen molar-refractivity contribution in [2.45, 2.75) is 13.0 Å². The Bertz CT molecular complexity index is 419. The zero-order valence-corrected chi connectivity index (χ0v) is 11.9. The summed E-state index contributed by atoms with van der Waals surface area (Å²) in [4.78, 5) is 8.53. The monoisotopic (exact) mass is 265 g/mol. The summed E-state index contributed by atoms with van der Waals surface area (Å²) >= 11 is 0. The van der Waals surface area contributed by atoms with Crippen LogP contribution in [0, 0.1) is 0 Å². The quantitative estimate of drug-likeness (QED) is 0.326. The number of oxime groups is 1. The Balaban J connectivity index is 2.61. The van der Waals surface area contributed by atoms with Gasteiger partial charge in [0.05, 0.1) is 0 Å². The maximum atomic E-state index is 8.75. The first-order chi connectivity index (χ1) is 9.04. The number of hydrogen-bond acceptors (Lipinski definition) is 5. The molecule has 0 saturated carbocycles. The second-order valence-corrected chi connectivity index (χ2v) is 4.89. The lowest BCUT2D eigenvalue weighted by atomic mass is 10.1. The van der Waals surface area contributed by atoms with Crippen molar-refractivity contribution in [2.24, 2.45) is 10.9 Å². The van der Waals surface area contributed by atoms with Gasteiger partial charge in [0.15, 0.2) is 5.84 Å². The molecular formula is C13H23N5O. The van der Waals surface area contributed by atoms with E-state index in [4.69, 9.17) is 10.9 Å². The van der Waals surface area contributed by atoms with Crippen LogP contribution < -0.4 is 5.73 Å². The lowest BCUT2D eigenvalue weighted by molar-refractivity contribution is 0.294. The number of rotatable bonds is 7. The highest BCUT2D eigenvalue weighted by atomic mass is 16.4. The van der Waals surface area contributed by atoms with Crippen LogP contribution in [0.2, 0.25) is 0 Å². The van der Waals surface area contributed by atoms with E-state index in [1.54, 1.807) is 6.20 Å². The Morgan fingerprint density at radius 2 is 2.11 bits per heavy atom. The van der Waals surface area contributed by atoms with E-state index < -0.39 is 0 Å². The number of hydrogen-bond donors (Lipinski definition) is 2. The highest BCUT2D eigenvalue weighted by Crippen LogP contribution is 2.08. The average Bonchev–Trinajstić information content (AvgIpc) is 2.38. The standard InChI is InChI=1S/C13H23N5O/c1-17(2)8-5-9-18(3)10-11-6-4-7-15-12(11)13(14)16-19/h4,6-7,19H,5,8-10H2,1-3H3,(H2,14,16). The Morgan fingerprint density at radius 3 is 2.74 bits per heavy atom. The molecule has 1 heterocycles. The highest BCUT2D eigenvalue weighted by Gasteiger charge is 2.10. The second kappa shape index (κ2) is 7.70. The molecule has 19 heavy (non-hydrogen) atoms. The number of amidine groups is 1. The third kappa shape index (κ3) is 5.23. The molecule has 0 aromatic carbocycles. The Morgan fingerprint density at radius 1 is 1.37 bits per heavy atom. The van der Waals surface area contributed by atoms with Crippen LogP contribution in [0.3, 0.4) is 0 Å². The zero-order valence-electron chi connectivity index (χ0n) is 11.9. The van der Waals surface area contributed by atoms with Crippen LogP contribution in [0.1, 0.15) is 17.7 Å². The van der Waals surface area contributed by atoms with E-state index in [1.807, 2.05) is 12.1 Å². The minimum absolute atomic E-state index is 0.0530. The molecule has 0 spiro atoms. The van der Waals surface area contributed by atoms with Gasteiger partial charge in [0.25, 0.3) is 0 Å². The summed E-state index contributed by atoms with van der Waals surface area (Å²) in [6.07, 6.45) is 2.74. The van der Waals surface area contributed by atoms with Gasteiger partial charge in [-0.3, -0.25) is 4.98 Å². The van der Waals surface area contributed by atoms with Gasteiger partial charge in [-0.25, -0.2) is 0 Å². The van der Waals surface area contributed by atoms with Gasteiger partial charge in [-0.1, -0.05) is 11.2 Å². The van der Waals surface area contributed by atoms with Crippen LogP contribution in [0.15, 0.2) is 23.5 Å². The molecule has 3 N–H and O–H groups in total. The lowest BCUT2D eigenvalue weighted by Gasteiger charge is -2.19. The van der Waals surface area contributed by atoms with Crippen molar-refractivity contribution in [3.8, 4) is 0 Å². The molecule has 0 aliphatic carbocycles. The fourth-order valence-electron chi connectivity index (χ4n) is 1.87. The second-order valence-electron chi connectivity index (χ2n) is 4.89. The molecule has 0 atom stereocenters. The van der Waals surface area contributed by atoms with Gasteiger partial charge in [0, 0.05) is 12.7 Å². The van der Waals surface area contributed by atoms with Crippen molar-refractivity contribution >= 4 is 5.84 Å². The first-order valence-corrected chi connectivity index (χ1v) is 6.29. The van der Waals surface area contributed by atoms with Gasteiger partial charge < -0.3 is 20.7 Å². The van der Waals surface area contributed by atoms with E-state index >= 15 is 0 Å². The minimum Gasteiger partial charge on any atom is -0.409 e. The van der Waals surface area contributed by atoms with E-state index in [-0.39, 0.29) is 5.84 Å². The Hall–Kier alpha value is -1.66. The summed E-state index contributed by atoms with van der Waals surface area (Å²) < 4.78 is 0. The summed E-state index contributed by atoms with van der Waals surface area (Å²) in [5.41, 5.74) is 7.13. The molecule has 0 amide bonds. The smallest absolute Gasteiger partial charge is 0.189 e. The molecule has 0 saturated heterocycles. The van der Waals surface area contributed by atoms with Crippen molar-refractivity contribution in [1.82, 2.24) is 14.8 Å². The molecule has 6 nitrogen and oxygen atoms in total. The van der Waals surface area contributed by atoms with Crippen LogP contribution in [0.25, 0.3) is 0 Å².